The van der Waals surface area contributed by atoms with Gasteiger partial charge in [-0.2, -0.15) is 0 Å². The van der Waals surface area contributed by atoms with Crippen LogP contribution >= 0.6 is 0 Å². The van der Waals surface area contributed by atoms with Gasteiger partial charge in [0, 0.05) is 12.1 Å². The van der Waals surface area contributed by atoms with E-state index >= 15 is 0 Å². The summed E-state index contributed by atoms with van der Waals surface area (Å²) >= 11 is 0. The van der Waals surface area contributed by atoms with Crippen LogP contribution in [0.4, 0.5) is 0 Å². The van der Waals surface area contributed by atoms with E-state index in [1.807, 2.05) is 0 Å². The summed E-state index contributed by atoms with van der Waals surface area (Å²) < 4.78 is 0. The molecule has 0 spiro atoms. The van der Waals surface area contributed by atoms with Crippen molar-refractivity contribution < 1.29 is 0 Å². The molecule has 0 aromatic heterocycles. The lowest BCUT2D eigenvalue weighted by molar-refractivity contribution is 0.235. The van der Waals surface area contributed by atoms with Crippen molar-refractivity contribution in [2.45, 2.75) is 64.5 Å². The van der Waals surface area contributed by atoms with E-state index in [1.54, 1.807) is 0 Å². The smallest absolute Gasteiger partial charge is 0.0320 e. The van der Waals surface area contributed by atoms with Crippen molar-refractivity contribution in [3.63, 3.8) is 0 Å². The number of nitrogens with one attached hydrogen (secondary N) is 1. The van der Waals surface area contributed by atoms with Crippen LogP contribution in [0.2, 0.25) is 0 Å². The molecule has 1 nitrogen and oxygen atoms in total. The summed E-state index contributed by atoms with van der Waals surface area (Å²) in [5.41, 5.74) is 1.44. The van der Waals surface area contributed by atoms with Crippen LogP contribution < -0.4 is 5.32 Å². The van der Waals surface area contributed by atoms with E-state index in [9.17, 15) is 0 Å². The van der Waals surface area contributed by atoms with Gasteiger partial charge in [-0.1, -0.05) is 63.4 Å². The van der Waals surface area contributed by atoms with Gasteiger partial charge >= 0.3 is 0 Å². The topological polar surface area (TPSA) is 12.0 Å². The van der Waals surface area contributed by atoms with E-state index in [4.69, 9.17) is 0 Å². The molecule has 3 unspecified atom stereocenters. The molecular weight excluding hydrogens is 218 g/mol. The minimum Gasteiger partial charge on any atom is -0.307 e. The number of hydrogen-bond acceptors (Lipinski definition) is 1. The maximum absolute atomic E-state index is 3.92. The molecule has 0 bridgehead atoms. The van der Waals surface area contributed by atoms with Gasteiger partial charge in [-0.3, -0.25) is 0 Å². The molecule has 100 valence electrons. The first kappa shape index (κ1) is 13.6. The highest BCUT2D eigenvalue weighted by atomic mass is 15.0. The molecular formula is C17H27N. The number of hydrogen-bond donors (Lipinski definition) is 1. The molecule has 1 N–H and O–H groups in total. The van der Waals surface area contributed by atoms with Gasteiger partial charge in [-0.05, 0) is 30.7 Å². The first-order valence-corrected chi connectivity index (χ1v) is 7.66. The molecule has 1 aliphatic carbocycles. The van der Waals surface area contributed by atoms with Gasteiger partial charge in [0.05, 0.1) is 0 Å². The van der Waals surface area contributed by atoms with E-state index in [0.717, 1.165) is 12.0 Å². The van der Waals surface area contributed by atoms with E-state index in [1.165, 1.54) is 44.1 Å². The largest absolute Gasteiger partial charge is 0.307 e. The lowest BCUT2D eigenvalue weighted by Gasteiger charge is -2.35. The fourth-order valence-electron chi connectivity index (χ4n) is 3.31. The van der Waals surface area contributed by atoms with Gasteiger partial charge in [0.2, 0.25) is 0 Å². The van der Waals surface area contributed by atoms with E-state index in [0.29, 0.717) is 6.04 Å². The molecule has 1 aliphatic rings. The maximum Gasteiger partial charge on any atom is 0.0320 e. The third-order valence-electron chi connectivity index (χ3n) is 4.46. The molecule has 1 saturated carbocycles. The summed E-state index contributed by atoms with van der Waals surface area (Å²) in [5.74, 6) is 0.886. The fourth-order valence-corrected chi connectivity index (χ4v) is 3.31. The van der Waals surface area contributed by atoms with Crippen molar-refractivity contribution in [3.05, 3.63) is 35.9 Å². The molecule has 1 aromatic rings. The minimum absolute atomic E-state index is 0.531. The maximum atomic E-state index is 3.92. The van der Waals surface area contributed by atoms with E-state index < -0.39 is 0 Å². The van der Waals surface area contributed by atoms with Gasteiger partial charge in [0.15, 0.2) is 0 Å². The first-order valence-electron chi connectivity index (χ1n) is 7.66. The van der Waals surface area contributed by atoms with Gasteiger partial charge in [0.1, 0.15) is 0 Å². The highest BCUT2D eigenvalue weighted by molar-refractivity contribution is 5.19. The number of benzene rings is 1. The van der Waals surface area contributed by atoms with Crippen molar-refractivity contribution in [3.8, 4) is 0 Å². The molecule has 0 saturated heterocycles. The van der Waals surface area contributed by atoms with Gasteiger partial charge < -0.3 is 5.32 Å². The molecule has 0 radical (unpaired) electrons. The summed E-state index contributed by atoms with van der Waals surface area (Å²) in [6.45, 7) is 4.63. The Morgan fingerprint density at radius 1 is 1.11 bits per heavy atom. The lowest BCUT2D eigenvalue weighted by atomic mass is 9.82. The summed E-state index contributed by atoms with van der Waals surface area (Å²) in [4.78, 5) is 0. The van der Waals surface area contributed by atoms with Crippen molar-refractivity contribution in [1.29, 1.82) is 0 Å². The first-order chi connectivity index (χ1) is 8.85. The molecule has 0 amide bonds. The van der Waals surface area contributed by atoms with Crippen LogP contribution in [0.25, 0.3) is 0 Å². The van der Waals surface area contributed by atoms with Crippen molar-refractivity contribution in [2.24, 2.45) is 5.92 Å². The Labute approximate surface area is 112 Å². The monoisotopic (exact) mass is 245 g/mol. The van der Waals surface area contributed by atoms with Crippen LogP contribution in [0.3, 0.4) is 0 Å². The van der Waals surface area contributed by atoms with Gasteiger partial charge in [-0.25, -0.2) is 0 Å². The summed E-state index contributed by atoms with van der Waals surface area (Å²) in [7, 11) is 0. The molecule has 1 aromatic carbocycles. The average Bonchev–Trinajstić information content (AvgIpc) is 2.46. The zero-order chi connectivity index (χ0) is 12.8. The minimum atomic E-state index is 0.531. The Bertz CT molecular complexity index is 333. The average molecular weight is 245 g/mol. The molecule has 0 aliphatic heterocycles. The van der Waals surface area contributed by atoms with Gasteiger partial charge in [-0.15, -0.1) is 0 Å². The summed E-state index contributed by atoms with van der Waals surface area (Å²) in [6, 6.07) is 12.2. The van der Waals surface area contributed by atoms with Crippen LogP contribution in [0, 0.1) is 5.92 Å². The fraction of sp³-hybridized carbons (Fsp3) is 0.647. The second-order valence-electron chi connectivity index (χ2n) is 5.60. The molecule has 1 fully saturated rings. The zero-order valence-corrected chi connectivity index (χ0v) is 11.9. The Hall–Kier alpha value is -0.820. The van der Waals surface area contributed by atoms with Crippen molar-refractivity contribution in [1.82, 2.24) is 5.32 Å². The van der Waals surface area contributed by atoms with Crippen LogP contribution in [0.1, 0.15) is 64.0 Å². The number of rotatable bonds is 5. The summed E-state index contributed by atoms with van der Waals surface area (Å²) in [5, 5.41) is 3.92. The SMILES string of the molecule is CCC(NC1CCCCC1CC)c1ccccc1. The highest BCUT2D eigenvalue weighted by Gasteiger charge is 2.25. The van der Waals surface area contributed by atoms with E-state index in [-0.39, 0.29) is 0 Å². The van der Waals surface area contributed by atoms with Crippen molar-refractivity contribution >= 4 is 0 Å². The third kappa shape index (κ3) is 3.35. The van der Waals surface area contributed by atoms with Gasteiger partial charge in [0.25, 0.3) is 0 Å². The molecule has 18 heavy (non-hydrogen) atoms. The Kier molecular flexibility index (Phi) is 5.25. The standard InChI is InChI=1S/C17H27N/c1-3-14-10-8-9-13-17(14)18-16(4-2)15-11-6-5-7-12-15/h5-7,11-12,14,16-18H,3-4,8-10,13H2,1-2H3. The van der Waals surface area contributed by atoms with Crippen LogP contribution in [-0.2, 0) is 0 Å². The zero-order valence-electron chi connectivity index (χ0n) is 11.9. The van der Waals surface area contributed by atoms with E-state index in [2.05, 4.69) is 49.5 Å². The third-order valence-corrected chi connectivity index (χ3v) is 4.46. The van der Waals surface area contributed by atoms with Crippen molar-refractivity contribution in [2.75, 3.05) is 0 Å². The predicted molar refractivity (Wildman–Crippen MR) is 78.6 cm³/mol. The quantitative estimate of drug-likeness (QED) is 0.793. The normalized spacial score (nSPS) is 25.9. The molecule has 1 heteroatoms. The second-order valence-corrected chi connectivity index (χ2v) is 5.60. The van der Waals surface area contributed by atoms with Crippen LogP contribution in [0.15, 0.2) is 30.3 Å². The van der Waals surface area contributed by atoms with Crippen LogP contribution in [-0.4, -0.2) is 6.04 Å². The highest BCUT2D eigenvalue weighted by Crippen LogP contribution is 2.29. The molecule has 0 heterocycles. The Balaban J connectivity index is 2.01. The molecule has 2 rings (SSSR count). The Morgan fingerprint density at radius 2 is 1.83 bits per heavy atom. The second kappa shape index (κ2) is 6.94. The molecule has 3 atom stereocenters. The predicted octanol–water partition coefficient (Wildman–Crippen LogP) is 4.70. The van der Waals surface area contributed by atoms with Crippen LogP contribution in [0.5, 0.6) is 0 Å². The Morgan fingerprint density at radius 3 is 2.50 bits per heavy atom. The lowest BCUT2D eigenvalue weighted by Crippen LogP contribution is -2.40. The summed E-state index contributed by atoms with van der Waals surface area (Å²) in [6.07, 6.45) is 8.11.